The highest BCUT2D eigenvalue weighted by molar-refractivity contribution is 7.89. The highest BCUT2D eigenvalue weighted by Gasteiger charge is 2.26. The van der Waals surface area contributed by atoms with Gasteiger partial charge in [-0.1, -0.05) is 42.5 Å². The number of rotatable bonds is 8. The van der Waals surface area contributed by atoms with Crippen molar-refractivity contribution in [2.24, 2.45) is 0 Å². The number of methoxy groups -OCH3 is 1. The van der Waals surface area contributed by atoms with E-state index in [1.54, 1.807) is 54.6 Å². The minimum Gasteiger partial charge on any atom is -0.497 e. The third-order valence-electron chi connectivity index (χ3n) is 4.55. The van der Waals surface area contributed by atoms with Gasteiger partial charge >= 0.3 is 5.97 Å². The lowest BCUT2D eigenvalue weighted by molar-refractivity contribution is -0.125. The van der Waals surface area contributed by atoms with Gasteiger partial charge in [0.05, 0.1) is 17.6 Å². The Balaban J connectivity index is 1.88. The smallest absolute Gasteiger partial charge is 0.339 e. The summed E-state index contributed by atoms with van der Waals surface area (Å²) in [5, 5.41) is 2.71. The third kappa shape index (κ3) is 5.51. The molecule has 1 unspecified atom stereocenters. The Bertz CT molecular complexity index is 1210. The van der Waals surface area contributed by atoms with Gasteiger partial charge in [-0.05, 0) is 37.4 Å². The van der Waals surface area contributed by atoms with Crippen molar-refractivity contribution in [3.8, 4) is 5.75 Å². The molecule has 0 fully saturated rings. The first-order chi connectivity index (χ1) is 15.3. The average Bonchev–Trinajstić information content (AvgIpc) is 2.83. The molecule has 0 heterocycles. The molecule has 0 bridgehead atoms. The van der Waals surface area contributed by atoms with Crippen LogP contribution in [0.1, 0.15) is 22.0 Å². The summed E-state index contributed by atoms with van der Waals surface area (Å²) >= 11 is 0. The van der Waals surface area contributed by atoms with Crippen LogP contribution >= 0.6 is 0 Å². The fourth-order valence-corrected chi connectivity index (χ4v) is 3.67. The van der Waals surface area contributed by atoms with Gasteiger partial charge in [-0.3, -0.25) is 4.79 Å². The average molecular weight is 455 g/mol. The normalized spacial score (nSPS) is 11.9. The molecule has 166 valence electrons. The predicted octanol–water partition coefficient (Wildman–Crippen LogP) is 3.14. The van der Waals surface area contributed by atoms with Gasteiger partial charge in [-0.25, -0.2) is 17.9 Å². The fourth-order valence-electron chi connectivity index (χ4n) is 2.89. The molecular weight excluding hydrogens is 432 g/mol. The van der Waals surface area contributed by atoms with Crippen molar-refractivity contribution in [3.63, 3.8) is 0 Å². The van der Waals surface area contributed by atoms with Gasteiger partial charge in [0.2, 0.25) is 16.1 Å². The van der Waals surface area contributed by atoms with E-state index in [9.17, 15) is 18.0 Å². The van der Waals surface area contributed by atoms with E-state index >= 15 is 0 Å². The SMILES string of the molecule is CNS(=O)(=O)c1cccc(C(=O)OC(C(=O)Nc2cccc(OC)c2)c2ccccc2)c1. The van der Waals surface area contributed by atoms with Gasteiger partial charge in [0.25, 0.3) is 5.91 Å². The van der Waals surface area contributed by atoms with E-state index in [0.717, 1.165) is 0 Å². The van der Waals surface area contributed by atoms with Crippen molar-refractivity contribution in [2.75, 3.05) is 19.5 Å². The van der Waals surface area contributed by atoms with Crippen molar-refractivity contribution < 1.29 is 27.5 Å². The number of benzene rings is 3. The lowest BCUT2D eigenvalue weighted by Crippen LogP contribution is -2.26. The van der Waals surface area contributed by atoms with Crippen LogP contribution in [0.15, 0.2) is 83.8 Å². The molecule has 9 heteroatoms. The first-order valence-corrected chi connectivity index (χ1v) is 11.1. The summed E-state index contributed by atoms with van der Waals surface area (Å²) in [5.41, 5.74) is 0.921. The van der Waals surface area contributed by atoms with Crippen LogP contribution in [-0.4, -0.2) is 34.5 Å². The van der Waals surface area contributed by atoms with Crippen molar-refractivity contribution in [1.82, 2.24) is 4.72 Å². The zero-order valence-electron chi connectivity index (χ0n) is 17.4. The van der Waals surface area contributed by atoms with Crippen LogP contribution in [-0.2, 0) is 19.6 Å². The van der Waals surface area contributed by atoms with Gasteiger partial charge in [-0.15, -0.1) is 0 Å². The molecule has 0 aliphatic rings. The van der Waals surface area contributed by atoms with Crippen LogP contribution in [0.4, 0.5) is 5.69 Å². The molecule has 32 heavy (non-hydrogen) atoms. The second-order valence-corrected chi connectivity index (χ2v) is 8.54. The Kier molecular flexibility index (Phi) is 7.24. The topological polar surface area (TPSA) is 111 Å². The van der Waals surface area contributed by atoms with Gasteiger partial charge in [0.15, 0.2) is 0 Å². The largest absolute Gasteiger partial charge is 0.497 e. The van der Waals surface area contributed by atoms with Crippen LogP contribution in [0, 0.1) is 0 Å². The number of carbonyl (C=O) groups excluding carboxylic acids is 2. The molecule has 3 rings (SSSR count). The first-order valence-electron chi connectivity index (χ1n) is 9.58. The van der Waals surface area contributed by atoms with Crippen LogP contribution in [0.2, 0.25) is 0 Å². The Labute approximate surface area is 186 Å². The Morgan fingerprint density at radius 2 is 1.62 bits per heavy atom. The quantitative estimate of drug-likeness (QED) is 0.506. The van der Waals surface area contributed by atoms with Crippen molar-refractivity contribution in [3.05, 3.63) is 90.0 Å². The minimum absolute atomic E-state index is 0.00330. The number of sulfonamides is 1. The standard InChI is InChI=1S/C23H22N2O6S/c1-24-32(28,29)20-13-6-10-17(14-20)23(27)31-21(16-8-4-3-5-9-16)22(26)25-18-11-7-12-19(15-18)30-2/h3-15,21,24H,1-2H3,(H,25,26). The monoisotopic (exact) mass is 454 g/mol. The molecule has 1 atom stereocenters. The van der Waals surface area contributed by atoms with E-state index in [-0.39, 0.29) is 10.5 Å². The number of hydrogen-bond acceptors (Lipinski definition) is 6. The molecule has 2 N–H and O–H groups in total. The van der Waals surface area contributed by atoms with Crippen LogP contribution in [0.5, 0.6) is 5.75 Å². The van der Waals surface area contributed by atoms with Crippen molar-refractivity contribution in [1.29, 1.82) is 0 Å². The maximum absolute atomic E-state index is 13.0. The fraction of sp³-hybridized carbons (Fsp3) is 0.130. The van der Waals surface area contributed by atoms with Crippen LogP contribution < -0.4 is 14.8 Å². The van der Waals surface area contributed by atoms with E-state index in [4.69, 9.17) is 9.47 Å². The molecule has 0 radical (unpaired) electrons. The molecule has 0 saturated carbocycles. The number of hydrogen-bond donors (Lipinski definition) is 2. The van der Waals surface area contributed by atoms with E-state index in [0.29, 0.717) is 17.0 Å². The number of nitrogens with one attached hydrogen (secondary N) is 2. The Hall–Kier alpha value is -3.69. The van der Waals surface area contributed by atoms with E-state index in [1.807, 2.05) is 0 Å². The number of anilines is 1. The zero-order valence-corrected chi connectivity index (χ0v) is 18.3. The summed E-state index contributed by atoms with van der Waals surface area (Å²) in [5.74, 6) is -0.858. The van der Waals surface area contributed by atoms with Gasteiger partial charge in [0, 0.05) is 17.3 Å². The van der Waals surface area contributed by atoms with Crippen LogP contribution in [0.25, 0.3) is 0 Å². The van der Waals surface area contributed by atoms with Crippen molar-refractivity contribution in [2.45, 2.75) is 11.0 Å². The third-order valence-corrected chi connectivity index (χ3v) is 5.96. The van der Waals surface area contributed by atoms with E-state index in [2.05, 4.69) is 10.0 Å². The second-order valence-electron chi connectivity index (χ2n) is 6.65. The van der Waals surface area contributed by atoms with E-state index in [1.165, 1.54) is 38.4 Å². The first kappa shape index (κ1) is 23.0. The molecule has 0 aromatic heterocycles. The summed E-state index contributed by atoms with van der Waals surface area (Å²) in [6, 6.07) is 20.7. The second kappa shape index (κ2) is 10.1. The number of esters is 1. The van der Waals surface area contributed by atoms with Gasteiger partial charge < -0.3 is 14.8 Å². The molecule has 0 saturated heterocycles. The maximum Gasteiger partial charge on any atom is 0.339 e. The number of amides is 1. The molecule has 0 aliphatic carbocycles. The molecule has 3 aromatic carbocycles. The van der Waals surface area contributed by atoms with Gasteiger partial charge in [0.1, 0.15) is 5.75 Å². The number of ether oxygens (including phenoxy) is 2. The lowest BCUT2D eigenvalue weighted by Gasteiger charge is -2.18. The van der Waals surface area contributed by atoms with Crippen molar-refractivity contribution >= 4 is 27.6 Å². The Morgan fingerprint density at radius 1 is 0.906 bits per heavy atom. The zero-order chi connectivity index (χ0) is 23.1. The molecular formula is C23H22N2O6S. The summed E-state index contributed by atoms with van der Waals surface area (Å²) in [7, 11) is -0.963. The van der Waals surface area contributed by atoms with E-state index < -0.39 is 28.0 Å². The molecule has 0 spiro atoms. The summed E-state index contributed by atoms with van der Waals surface area (Å²) in [6.07, 6.45) is -1.26. The molecule has 8 nitrogen and oxygen atoms in total. The number of carbonyl (C=O) groups is 2. The molecule has 0 aliphatic heterocycles. The predicted molar refractivity (Wildman–Crippen MR) is 119 cm³/mol. The lowest BCUT2D eigenvalue weighted by atomic mass is 10.1. The molecule has 1 amide bonds. The van der Waals surface area contributed by atoms with Gasteiger partial charge in [-0.2, -0.15) is 0 Å². The Morgan fingerprint density at radius 3 is 2.31 bits per heavy atom. The summed E-state index contributed by atoms with van der Waals surface area (Å²) in [4.78, 5) is 25.7. The highest BCUT2D eigenvalue weighted by Crippen LogP contribution is 2.24. The summed E-state index contributed by atoms with van der Waals surface area (Å²) in [6.45, 7) is 0. The summed E-state index contributed by atoms with van der Waals surface area (Å²) < 4.78 is 37.0. The highest BCUT2D eigenvalue weighted by atomic mass is 32.2. The molecule has 3 aromatic rings. The maximum atomic E-state index is 13.0. The van der Waals surface area contributed by atoms with Crippen LogP contribution in [0.3, 0.4) is 0 Å². The minimum atomic E-state index is -3.75.